The first-order chi connectivity index (χ1) is 13.4. The lowest BCUT2D eigenvalue weighted by Gasteiger charge is -2.14. The Kier molecular flexibility index (Phi) is 5.89. The number of hydrogen-bond donors (Lipinski definition) is 1. The molecule has 0 aliphatic heterocycles. The first-order valence-corrected chi connectivity index (χ1v) is 9.78. The first-order valence-electron chi connectivity index (χ1n) is 8.97. The normalized spacial score (nSPS) is 11.9. The number of nitrogens with zero attached hydrogens (tertiary/aromatic N) is 3. The molecule has 3 aromatic rings. The number of aryl methyl sites for hydroxylation is 2. The third-order valence-electron chi connectivity index (χ3n) is 4.29. The van der Waals surface area contributed by atoms with Crippen LogP contribution in [-0.2, 0) is 4.79 Å². The Labute approximate surface area is 167 Å². The monoisotopic (exact) mass is 398 g/mol. The van der Waals surface area contributed by atoms with E-state index < -0.39 is 6.04 Å². The molecule has 0 fully saturated rings. The highest BCUT2D eigenvalue weighted by Gasteiger charge is 2.19. The maximum Gasteiger partial charge on any atom is 0.267 e. The fourth-order valence-corrected chi connectivity index (χ4v) is 3.41. The molecule has 1 aromatic carbocycles. The Bertz CT molecular complexity index is 1020. The Morgan fingerprint density at radius 3 is 2.54 bits per heavy atom. The van der Waals surface area contributed by atoms with Gasteiger partial charge in [0.25, 0.3) is 11.5 Å². The van der Waals surface area contributed by atoms with Crippen LogP contribution in [0.4, 0.5) is 5.13 Å². The second-order valence-corrected chi connectivity index (χ2v) is 7.49. The molecule has 3 rings (SSSR count). The number of amides is 1. The Hall–Kier alpha value is -3.00. The molecule has 146 valence electrons. The molecule has 1 amide bonds. The van der Waals surface area contributed by atoms with Gasteiger partial charge in [0.1, 0.15) is 11.8 Å². The molecule has 2 heterocycles. The van der Waals surface area contributed by atoms with Gasteiger partial charge in [-0.15, -0.1) is 11.3 Å². The minimum atomic E-state index is -0.778. The van der Waals surface area contributed by atoms with E-state index in [-0.39, 0.29) is 11.5 Å². The van der Waals surface area contributed by atoms with Gasteiger partial charge in [0.05, 0.1) is 18.0 Å². The fourth-order valence-electron chi connectivity index (χ4n) is 2.59. The van der Waals surface area contributed by atoms with Gasteiger partial charge in [0, 0.05) is 16.5 Å². The van der Waals surface area contributed by atoms with E-state index in [4.69, 9.17) is 4.74 Å². The average molecular weight is 398 g/mol. The zero-order valence-electron chi connectivity index (χ0n) is 16.2. The molecule has 0 radical (unpaired) electrons. The van der Waals surface area contributed by atoms with Crippen LogP contribution in [0.1, 0.15) is 30.5 Å². The van der Waals surface area contributed by atoms with Crippen LogP contribution >= 0.6 is 11.3 Å². The van der Waals surface area contributed by atoms with E-state index in [0.29, 0.717) is 17.4 Å². The van der Waals surface area contributed by atoms with Crippen molar-refractivity contribution >= 4 is 22.4 Å². The third kappa shape index (κ3) is 4.28. The van der Waals surface area contributed by atoms with Crippen molar-refractivity contribution in [1.82, 2.24) is 14.8 Å². The molecular weight excluding hydrogens is 376 g/mol. The SMILES string of the molecule is CCOc1ccc(-c2ccc(=O)n([C@@H](C)C(=O)Nc3nc(C)c(C)s3)n2)cc1. The van der Waals surface area contributed by atoms with E-state index in [1.807, 2.05) is 45.0 Å². The smallest absolute Gasteiger partial charge is 0.267 e. The van der Waals surface area contributed by atoms with Gasteiger partial charge in [0.15, 0.2) is 5.13 Å². The summed E-state index contributed by atoms with van der Waals surface area (Å²) in [7, 11) is 0. The lowest BCUT2D eigenvalue weighted by Crippen LogP contribution is -2.33. The molecule has 1 N–H and O–H groups in total. The van der Waals surface area contributed by atoms with Crippen molar-refractivity contribution in [2.45, 2.75) is 33.7 Å². The van der Waals surface area contributed by atoms with Gasteiger partial charge in [-0.3, -0.25) is 9.59 Å². The average Bonchev–Trinajstić information content (AvgIpc) is 2.99. The molecule has 0 bridgehead atoms. The summed E-state index contributed by atoms with van der Waals surface area (Å²) < 4.78 is 6.63. The number of anilines is 1. The fraction of sp³-hybridized carbons (Fsp3) is 0.300. The van der Waals surface area contributed by atoms with E-state index in [9.17, 15) is 9.59 Å². The number of nitrogens with one attached hydrogen (secondary N) is 1. The molecule has 8 heteroatoms. The van der Waals surface area contributed by atoms with Crippen LogP contribution < -0.4 is 15.6 Å². The second-order valence-electron chi connectivity index (χ2n) is 6.28. The number of ether oxygens (including phenoxy) is 1. The lowest BCUT2D eigenvalue weighted by atomic mass is 10.1. The van der Waals surface area contributed by atoms with Gasteiger partial charge in [-0.1, -0.05) is 0 Å². The maximum atomic E-state index is 12.6. The van der Waals surface area contributed by atoms with Crippen molar-refractivity contribution < 1.29 is 9.53 Å². The number of hydrogen-bond acceptors (Lipinski definition) is 6. The van der Waals surface area contributed by atoms with Crippen LogP contribution in [0.3, 0.4) is 0 Å². The minimum Gasteiger partial charge on any atom is -0.494 e. The molecular formula is C20H22N4O3S. The number of aromatic nitrogens is 3. The largest absolute Gasteiger partial charge is 0.494 e. The van der Waals surface area contributed by atoms with Crippen molar-refractivity contribution in [2.75, 3.05) is 11.9 Å². The van der Waals surface area contributed by atoms with E-state index in [2.05, 4.69) is 15.4 Å². The number of thiazole rings is 1. The Balaban J connectivity index is 1.83. The highest BCUT2D eigenvalue weighted by Crippen LogP contribution is 2.23. The van der Waals surface area contributed by atoms with Crippen molar-refractivity contribution in [1.29, 1.82) is 0 Å². The quantitative estimate of drug-likeness (QED) is 0.686. The van der Waals surface area contributed by atoms with Crippen LogP contribution in [-0.4, -0.2) is 27.3 Å². The molecule has 0 aliphatic rings. The van der Waals surface area contributed by atoms with Crippen molar-refractivity contribution in [3.8, 4) is 17.0 Å². The van der Waals surface area contributed by atoms with Crippen LogP contribution in [0.25, 0.3) is 11.3 Å². The van der Waals surface area contributed by atoms with Crippen LogP contribution in [0.5, 0.6) is 5.75 Å². The second kappa shape index (κ2) is 8.35. The summed E-state index contributed by atoms with van der Waals surface area (Å²) in [6.07, 6.45) is 0. The van der Waals surface area contributed by atoms with Crippen molar-refractivity contribution in [3.05, 3.63) is 57.3 Å². The van der Waals surface area contributed by atoms with Gasteiger partial charge >= 0.3 is 0 Å². The first kappa shape index (κ1) is 19.8. The summed E-state index contributed by atoms with van der Waals surface area (Å²) in [4.78, 5) is 30.2. The summed E-state index contributed by atoms with van der Waals surface area (Å²) in [6.45, 7) is 7.98. The van der Waals surface area contributed by atoms with Crippen LogP contribution in [0.15, 0.2) is 41.2 Å². The molecule has 0 aliphatic carbocycles. The molecule has 0 spiro atoms. The lowest BCUT2D eigenvalue weighted by molar-refractivity contribution is -0.119. The standard InChI is InChI=1S/C20H22N4O3S/c1-5-27-16-8-6-15(7-9-16)17-10-11-18(25)24(23-17)13(3)19(26)22-20-21-12(2)14(4)28-20/h6-11,13H,5H2,1-4H3,(H,21,22,26)/t13-/m0/s1. The van der Waals surface area contributed by atoms with Gasteiger partial charge in [-0.25, -0.2) is 9.67 Å². The molecule has 0 saturated carbocycles. The van der Waals surface area contributed by atoms with Crippen LogP contribution in [0, 0.1) is 13.8 Å². The van der Waals surface area contributed by atoms with E-state index in [0.717, 1.165) is 21.9 Å². The zero-order valence-corrected chi connectivity index (χ0v) is 17.0. The van der Waals surface area contributed by atoms with Gasteiger partial charge in [0.2, 0.25) is 0 Å². The molecule has 2 aromatic heterocycles. The maximum absolute atomic E-state index is 12.6. The number of benzene rings is 1. The van der Waals surface area contributed by atoms with E-state index in [1.54, 1.807) is 13.0 Å². The Morgan fingerprint density at radius 1 is 1.21 bits per heavy atom. The summed E-state index contributed by atoms with van der Waals surface area (Å²) in [5, 5.41) is 7.67. The summed E-state index contributed by atoms with van der Waals surface area (Å²) >= 11 is 1.40. The molecule has 1 atom stereocenters. The number of rotatable bonds is 6. The van der Waals surface area contributed by atoms with Gasteiger partial charge in [-0.2, -0.15) is 5.10 Å². The van der Waals surface area contributed by atoms with E-state index >= 15 is 0 Å². The van der Waals surface area contributed by atoms with Gasteiger partial charge < -0.3 is 10.1 Å². The summed E-state index contributed by atoms with van der Waals surface area (Å²) in [5.74, 6) is 0.425. The zero-order chi connectivity index (χ0) is 20.3. The highest BCUT2D eigenvalue weighted by atomic mass is 32.1. The molecule has 0 saturated heterocycles. The highest BCUT2D eigenvalue weighted by molar-refractivity contribution is 7.15. The topological polar surface area (TPSA) is 86.1 Å². The van der Waals surface area contributed by atoms with Crippen molar-refractivity contribution in [2.24, 2.45) is 0 Å². The number of carbonyl (C=O) groups excluding carboxylic acids is 1. The molecule has 28 heavy (non-hydrogen) atoms. The summed E-state index contributed by atoms with van der Waals surface area (Å²) in [5.41, 5.74) is 1.96. The predicted molar refractivity (Wildman–Crippen MR) is 110 cm³/mol. The van der Waals surface area contributed by atoms with Crippen LogP contribution in [0.2, 0.25) is 0 Å². The molecule has 0 unspecified atom stereocenters. The van der Waals surface area contributed by atoms with Crippen molar-refractivity contribution in [3.63, 3.8) is 0 Å². The Morgan fingerprint density at radius 2 is 1.93 bits per heavy atom. The summed E-state index contributed by atoms with van der Waals surface area (Å²) in [6, 6.07) is 9.72. The third-order valence-corrected chi connectivity index (χ3v) is 5.28. The van der Waals surface area contributed by atoms with E-state index in [1.165, 1.54) is 22.1 Å². The molecule has 7 nitrogen and oxygen atoms in total. The van der Waals surface area contributed by atoms with Gasteiger partial charge in [-0.05, 0) is 58.0 Å². The number of carbonyl (C=O) groups is 1. The minimum absolute atomic E-state index is 0.341. The predicted octanol–water partition coefficient (Wildman–Crippen LogP) is 3.58.